The van der Waals surface area contributed by atoms with E-state index in [1.54, 1.807) is 19.9 Å². The van der Waals surface area contributed by atoms with Gasteiger partial charge < -0.3 is 26.0 Å². The monoisotopic (exact) mass is 365 g/mol. The number of esters is 1. The molecule has 0 bridgehead atoms. The maximum atomic E-state index is 12.7. The molecular formula is C19H29N2O5+. The van der Waals surface area contributed by atoms with E-state index in [0.29, 0.717) is 5.56 Å². The molecule has 1 aliphatic carbocycles. The third-order valence-electron chi connectivity index (χ3n) is 4.52. The Labute approximate surface area is 153 Å². The molecule has 1 aliphatic rings. The van der Waals surface area contributed by atoms with Crippen LogP contribution < -0.4 is 11.1 Å². The lowest BCUT2D eigenvalue weighted by Crippen LogP contribution is -2.76. The van der Waals surface area contributed by atoms with Crippen molar-refractivity contribution in [3.8, 4) is 11.5 Å². The topological polar surface area (TPSA) is 124 Å². The van der Waals surface area contributed by atoms with E-state index in [9.17, 15) is 19.8 Å². The average molecular weight is 365 g/mol. The normalized spacial score (nSPS) is 16.7. The van der Waals surface area contributed by atoms with Crippen molar-refractivity contribution < 1.29 is 30.3 Å². The molecule has 0 aromatic heterocycles. The van der Waals surface area contributed by atoms with Crippen molar-refractivity contribution >= 4 is 11.9 Å². The van der Waals surface area contributed by atoms with Gasteiger partial charge in [0, 0.05) is 6.42 Å². The first kappa shape index (κ1) is 20.0. The number of quaternary nitrogens is 1. The molecule has 2 rings (SSSR count). The summed E-state index contributed by atoms with van der Waals surface area (Å²) in [5, 5.41) is 21.8. The van der Waals surface area contributed by atoms with Gasteiger partial charge in [-0.3, -0.25) is 4.79 Å². The lowest BCUT2D eigenvalue weighted by molar-refractivity contribution is -0.446. The second-order valence-electron chi connectivity index (χ2n) is 7.63. The Bertz CT molecular complexity index is 648. The van der Waals surface area contributed by atoms with Crippen LogP contribution >= 0.6 is 0 Å². The zero-order valence-corrected chi connectivity index (χ0v) is 15.5. The number of ether oxygens (including phenoxy) is 1. The minimum absolute atomic E-state index is 0.114. The number of carbonyl (C=O) groups is 2. The van der Waals surface area contributed by atoms with Crippen LogP contribution in [0.5, 0.6) is 11.5 Å². The molecule has 0 spiro atoms. The Morgan fingerprint density at radius 1 is 1.23 bits per heavy atom. The maximum Gasteiger partial charge on any atom is 0.329 e. The van der Waals surface area contributed by atoms with E-state index >= 15 is 0 Å². The molecule has 1 atom stereocenters. The number of phenolic OH excluding ortho intramolecular Hbond substituents is 2. The second-order valence-corrected chi connectivity index (χ2v) is 7.63. The minimum atomic E-state index is -0.888. The lowest BCUT2D eigenvalue weighted by atomic mass is 9.97. The predicted octanol–water partition coefficient (Wildman–Crippen LogP) is 1.02. The van der Waals surface area contributed by atoms with Crippen molar-refractivity contribution in [2.24, 2.45) is 0 Å². The molecule has 0 unspecified atom stereocenters. The summed E-state index contributed by atoms with van der Waals surface area (Å²) in [7, 11) is 0. The van der Waals surface area contributed by atoms with Gasteiger partial charge >= 0.3 is 5.97 Å². The fourth-order valence-electron chi connectivity index (χ4n) is 2.91. The number of benzene rings is 1. The Morgan fingerprint density at radius 2 is 1.88 bits per heavy atom. The van der Waals surface area contributed by atoms with E-state index in [1.165, 1.54) is 12.1 Å². The lowest BCUT2D eigenvalue weighted by Gasteiger charge is -2.26. The van der Waals surface area contributed by atoms with Gasteiger partial charge in [0.2, 0.25) is 0 Å². The van der Waals surface area contributed by atoms with Crippen LogP contribution in [0.25, 0.3) is 0 Å². The average Bonchev–Trinajstić information content (AvgIpc) is 2.57. The first-order valence-electron chi connectivity index (χ1n) is 9.04. The van der Waals surface area contributed by atoms with Crippen LogP contribution in [0.3, 0.4) is 0 Å². The predicted molar refractivity (Wildman–Crippen MR) is 95.3 cm³/mol. The zero-order valence-electron chi connectivity index (χ0n) is 15.5. The van der Waals surface area contributed by atoms with E-state index in [2.05, 4.69) is 11.1 Å². The Balaban J connectivity index is 2.12. The van der Waals surface area contributed by atoms with Gasteiger partial charge in [0.15, 0.2) is 17.0 Å². The summed E-state index contributed by atoms with van der Waals surface area (Å²) in [4.78, 5) is 25.0. The minimum Gasteiger partial charge on any atom is -0.504 e. The van der Waals surface area contributed by atoms with Gasteiger partial charge in [-0.05, 0) is 57.2 Å². The molecule has 1 fully saturated rings. The Morgan fingerprint density at radius 3 is 2.46 bits per heavy atom. The van der Waals surface area contributed by atoms with Gasteiger partial charge in [-0.1, -0.05) is 12.5 Å². The highest BCUT2D eigenvalue weighted by molar-refractivity contribution is 5.88. The van der Waals surface area contributed by atoms with Crippen molar-refractivity contribution in [3.05, 3.63) is 23.8 Å². The molecule has 0 saturated heterocycles. The molecule has 144 valence electrons. The quantitative estimate of drug-likeness (QED) is 0.443. The molecule has 0 radical (unpaired) electrons. The maximum absolute atomic E-state index is 12.7. The molecule has 0 heterocycles. The van der Waals surface area contributed by atoms with Crippen LogP contribution in [0.4, 0.5) is 0 Å². The van der Waals surface area contributed by atoms with Crippen LogP contribution in [0.2, 0.25) is 0 Å². The largest absolute Gasteiger partial charge is 0.504 e. The van der Waals surface area contributed by atoms with Crippen molar-refractivity contribution in [3.63, 3.8) is 0 Å². The number of nitrogens with one attached hydrogen (secondary N) is 1. The highest BCUT2D eigenvalue weighted by Gasteiger charge is 2.33. The van der Waals surface area contributed by atoms with Gasteiger partial charge in [-0.15, -0.1) is 0 Å². The van der Waals surface area contributed by atoms with Gasteiger partial charge in [-0.2, -0.15) is 0 Å². The van der Waals surface area contributed by atoms with Crippen molar-refractivity contribution in [2.45, 2.75) is 70.1 Å². The Hall–Kier alpha value is -2.28. The number of rotatable bonds is 6. The van der Waals surface area contributed by atoms with Crippen LogP contribution in [0.15, 0.2) is 18.2 Å². The van der Waals surface area contributed by atoms with E-state index in [4.69, 9.17) is 4.74 Å². The van der Waals surface area contributed by atoms with Crippen LogP contribution in [-0.4, -0.2) is 39.8 Å². The van der Waals surface area contributed by atoms with Crippen molar-refractivity contribution in [1.82, 2.24) is 5.32 Å². The highest BCUT2D eigenvalue weighted by Crippen LogP contribution is 2.26. The molecule has 0 aliphatic heterocycles. The van der Waals surface area contributed by atoms with Crippen LogP contribution in [0.1, 0.15) is 51.5 Å². The van der Waals surface area contributed by atoms with Gasteiger partial charge in [0.1, 0.15) is 12.1 Å². The first-order chi connectivity index (χ1) is 12.2. The Kier molecular flexibility index (Phi) is 6.47. The fraction of sp³-hybridized carbons (Fsp3) is 0.579. The molecule has 6 N–H and O–H groups in total. The standard InChI is InChI=1S/C19H28N2O5/c1-19(2,20)18(25)21-14(10-12-8-9-15(22)16(23)11-12)17(24)26-13-6-4-3-5-7-13/h8-9,11,13-14,22-23H,3-7,10,20H2,1-2H3,(H,21,25)/p+1/t14-/m0/s1. The second kappa shape index (κ2) is 8.40. The summed E-state index contributed by atoms with van der Waals surface area (Å²) in [6.45, 7) is 3.33. The molecule has 7 nitrogen and oxygen atoms in total. The molecule has 1 saturated carbocycles. The molecular weight excluding hydrogens is 336 g/mol. The number of carbonyl (C=O) groups excluding carboxylic acids is 2. The molecule has 1 amide bonds. The SMILES string of the molecule is CC(C)([NH3+])C(=O)N[C@@H](Cc1ccc(O)c(O)c1)C(=O)OC1CCCCC1. The number of aromatic hydroxyl groups is 2. The summed E-state index contributed by atoms with van der Waals surface area (Å²) < 4.78 is 5.61. The first-order valence-corrected chi connectivity index (χ1v) is 9.04. The summed E-state index contributed by atoms with van der Waals surface area (Å²) in [6.07, 6.45) is 4.94. The van der Waals surface area contributed by atoms with Crippen molar-refractivity contribution in [2.75, 3.05) is 0 Å². The fourth-order valence-corrected chi connectivity index (χ4v) is 2.91. The number of hydrogen-bond acceptors (Lipinski definition) is 5. The number of amides is 1. The van der Waals surface area contributed by atoms with E-state index < -0.39 is 17.6 Å². The third-order valence-corrected chi connectivity index (χ3v) is 4.52. The van der Waals surface area contributed by atoms with Crippen molar-refractivity contribution in [1.29, 1.82) is 0 Å². The number of phenols is 2. The molecule has 1 aromatic rings. The van der Waals surface area contributed by atoms with E-state index in [1.807, 2.05) is 0 Å². The van der Waals surface area contributed by atoms with Crippen LogP contribution in [0, 0.1) is 0 Å². The number of hydrogen-bond donors (Lipinski definition) is 4. The summed E-state index contributed by atoms with van der Waals surface area (Å²) in [5.41, 5.74) is 3.51. The van der Waals surface area contributed by atoms with E-state index in [0.717, 1.165) is 32.1 Å². The van der Waals surface area contributed by atoms with Crippen LogP contribution in [-0.2, 0) is 20.7 Å². The summed E-state index contributed by atoms with van der Waals surface area (Å²) in [6, 6.07) is 3.44. The molecule has 7 heteroatoms. The van der Waals surface area contributed by atoms with Gasteiger partial charge in [-0.25, -0.2) is 4.79 Å². The summed E-state index contributed by atoms with van der Waals surface area (Å²) in [5.74, 6) is -1.35. The van der Waals surface area contributed by atoms with Gasteiger partial charge in [0.25, 0.3) is 5.91 Å². The third kappa shape index (κ3) is 5.62. The zero-order chi connectivity index (χ0) is 19.3. The molecule has 26 heavy (non-hydrogen) atoms. The smallest absolute Gasteiger partial charge is 0.329 e. The van der Waals surface area contributed by atoms with E-state index in [-0.39, 0.29) is 29.9 Å². The summed E-state index contributed by atoms with van der Waals surface area (Å²) >= 11 is 0. The van der Waals surface area contributed by atoms with Gasteiger partial charge in [0.05, 0.1) is 0 Å². The highest BCUT2D eigenvalue weighted by atomic mass is 16.5. The molecule has 1 aromatic carbocycles.